The van der Waals surface area contributed by atoms with Crippen LogP contribution in [-0.2, 0) is 9.53 Å². The zero-order valence-corrected chi connectivity index (χ0v) is 10.7. The number of ether oxygens (including phenoxy) is 1. The summed E-state index contributed by atoms with van der Waals surface area (Å²) in [6.45, 7) is 6.00. The minimum atomic E-state index is -0.0956. The van der Waals surface area contributed by atoms with Crippen LogP contribution < -0.4 is 10.6 Å². The van der Waals surface area contributed by atoms with Gasteiger partial charge in [-0.1, -0.05) is 13.8 Å². The third-order valence-corrected chi connectivity index (χ3v) is 3.09. The van der Waals surface area contributed by atoms with Gasteiger partial charge in [0.15, 0.2) is 0 Å². The van der Waals surface area contributed by atoms with Crippen molar-refractivity contribution in [1.29, 1.82) is 0 Å². The highest BCUT2D eigenvalue weighted by Crippen LogP contribution is 2.14. The Hall–Kier alpha value is -1.05. The first-order chi connectivity index (χ1) is 8.22. The van der Waals surface area contributed by atoms with Gasteiger partial charge in [-0.05, 0) is 13.0 Å². The Morgan fingerprint density at radius 1 is 1.53 bits per heavy atom. The second-order valence-corrected chi connectivity index (χ2v) is 4.33. The Morgan fingerprint density at radius 2 is 2.29 bits per heavy atom. The molecule has 4 nitrogen and oxygen atoms in total. The predicted octanol–water partition coefficient (Wildman–Crippen LogP) is 0.529. The lowest BCUT2D eigenvalue weighted by molar-refractivity contribution is -0.126. The second kappa shape index (κ2) is 7.31. The van der Waals surface area contributed by atoms with E-state index in [9.17, 15) is 4.79 Å². The third kappa shape index (κ3) is 4.03. The van der Waals surface area contributed by atoms with Crippen LogP contribution in [0, 0.1) is 18.3 Å². The van der Waals surface area contributed by atoms with Crippen molar-refractivity contribution >= 4 is 5.91 Å². The largest absolute Gasteiger partial charge is 0.379 e. The Morgan fingerprint density at radius 3 is 2.88 bits per heavy atom. The average Bonchev–Trinajstić information content (AvgIpc) is 2.77. The minimum Gasteiger partial charge on any atom is -0.379 e. The highest BCUT2D eigenvalue weighted by Gasteiger charge is 2.33. The molecule has 0 aromatic carbocycles. The average molecular weight is 238 g/mol. The standard InChI is InChI=1S/C13H22N2O2/c1-4-7-10(5-2)15-13(16)11-8-17-9-12(11)14-6-3/h1,10-12,14H,5-9H2,2-3H3,(H,15,16). The van der Waals surface area contributed by atoms with Gasteiger partial charge in [0.1, 0.15) is 0 Å². The third-order valence-electron chi connectivity index (χ3n) is 3.09. The summed E-state index contributed by atoms with van der Waals surface area (Å²) in [5.41, 5.74) is 0. The van der Waals surface area contributed by atoms with E-state index in [2.05, 4.69) is 16.6 Å². The Kier molecular flexibility index (Phi) is 6.03. The summed E-state index contributed by atoms with van der Waals surface area (Å²) < 4.78 is 5.35. The molecule has 96 valence electrons. The predicted molar refractivity (Wildman–Crippen MR) is 67.4 cm³/mol. The number of nitrogens with one attached hydrogen (secondary N) is 2. The van der Waals surface area contributed by atoms with Gasteiger partial charge in [-0.25, -0.2) is 0 Å². The van der Waals surface area contributed by atoms with Crippen LogP contribution in [-0.4, -0.2) is 37.7 Å². The molecule has 17 heavy (non-hydrogen) atoms. The molecular formula is C13H22N2O2. The van der Waals surface area contributed by atoms with Crippen molar-refractivity contribution in [3.8, 4) is 12.3 Å². The number of terminal acetylenes is 1. The van der Waals surface area contributed by atoms with E-state index >= 15 is 0 Å². The zero-order chi connectivity index (χ0) is 12.7. The van der Waals surface area contributed by atoms with E-state index in [4.69, 9.17) is 11.2 Å². The molecule has 0 saturated carbocycles. The number of likely N-dealkylation sites (N-methyl/N-ethyl adjacent to an activating group) is 1. The number of hydrogen-bond donors (Lipinski definition) is 2. The monoisotopic (exact) mass is 238 g/mol. The van der Waals surface area contributed by atoms with Crippen LogP contribution in [0.2, 0.25) is 0 Å². The van der Waals surface area contributed by atoms with Gasteiger partial charge in [0, 0.05) is 18.5 Å². The maximum absolute atomic E-state index is 12.1. The smallest absolute Gasteiger partial charge is 0.227 e. The van der Waals surface area contributed by atoms with Crippen LogP contribution in [0.15, 0.2) is 0 Å². The van der Waals surface area contributed by atoms with E-state index in [1.807, 2.05) is 13.8 Å². The Balaban J connectivity index is 2.48. The number of hydrogen-bond acceptors (Lipinski definition) is 3. The van der Waals surface area contributed by atoms with Crippen LogP contribution in [0.3, 0.4) is 0 Å². The molecule has 0 aromatic rings. The van der Waals surface area contributed by atoms with E-state index in [1.54, 1.807) is 0 Å². The molecule has 2 N–H and O–H groups in total. The molecule has 0 aromatic heterocycles. The molecule has 0 bridgehead atoms. The van der Waals surface area contributed by atoms with Gasteiger partial charge in [-0.2, -0.15) is 0 Å². The van der Waals surface area contributed by atoms with Crippen LogP contribution in [0.25, 0.3) is 0 Å². The van der Waals surface area contributed by atoms with Crippen molar-refractivity contribution < 1.29 is 9.53 Å². The van der Waals surface area contributed by atoms with E-state index in [0.29, 0.717) is 19.6 Å². The van der Waals surface area contributed by atoms with E-state index < -0.39 is 0 Å². The molecule has 4 heteroatoms. The normalized spacial score (nSPS) is 25.2. The lowest BCUT2D eigenvalue weighted by atomic mass is 10.0. The van der Waals surface area contributed by atoms with E-state index in [1.165, 1.54) is 0 Å². The molecule has 1 aliphatic heterocycles. The van der Waals surface area contributed by atoms with Crippen LogP contribution in [0.1, 0.15) is 26.7 Å². The van der Waals surface area contributed by atoms with E-state index in [-0.39, 0.29) is 23.9 Å². The van der Waals surface area contributed by atoms with Crippen molar-refractivity contribution in [2.24, 2.45) is 5.92 Å². The number of amides is 1. The molecule has 3 atom stereocenters. The van der Waals surface area contributed by atoms with Crippen molar-refractivity contribution in [2.75, 3.05) is 19.8 Å². The molecule has 0 aliphatic carbocycles. The van der Waals surface area contributed by atoms with Crippen LogP contribution >= 0.6 is 0 Å². The van der Waals surface area contributed by atoms with E-state index in [0.717, 1.165) is 13.0 Å². The van der Waals surface area contributed by atoms with Crippen molar-refractivity contribution in [1.82, 2.24) is 10.6 Å². The van der Waals surface area contributed by atoms with Gasteiger partial charge in [0.2, 0.25) is 5.91 Å². The summed E-state index contributed by atoms with van der Waals surface area (Å²) in [4.78, 5) is 12.1. The van der Waals surface area contributed by atoms with Gasteiger partial charge in [-0.3, -0.25) is 4.79 Å². The minimum absolute atomic E-state index is 0.0514. The number of carbonyl (C=O) groups is 1. The maximum atomic E-state index is 12.1. The van der Waals surface area contributed by atoms with Crippen LogP contribution in [0.5, 0.6) is 0 Å². The summed E-state index contributed by atoms with van der Waals surface area (Å²) >= 11 is 0. The molecule has 3 unspecified atom stereocenters. The summed E-state index contributed by atoms with van der Waals surface area (Å²) in [6.07, 6.45) is 6.71. The van der Waals surface area contributed by atoms with Gasteiger partial charge in [0.25, 0.3) is 0 Å². The molecule has 0 radical (unpaired) electrons. The molecule has 1 aliphatic rings. The van der Waals surface area contributed by atoms with Crippen molar-refractivity contribution in [3.63, 3.8) is 0 Å². The first kappa shape index (κ1) is 14.0. The van der Waals surface area contributed by atoms with Crippen molar-refractivity contribution in [3.05, 3.63) is 0 Å². The lowest BCUT2D eigenvalue weighted by Gasteiger charge is -2.21. The zero-order valence-electron chi connectivity index (χ0n) is 10.7. The molecule has 1 rings (SSSR count). The molecular weight excluding hydrogens is 216 g/mol. The van der Waals surface area contributed by atoms with Crippen molar-refractivity contribution in [2.45, 2.75) is 38.8 Å². The topological polar surface area (TPSA) is 50.4 Å². The number of rotatable bonds is 6. The highest BCUT2D eigenvalue weighted by atomic mass is 16.5. The van der Waals surface area contributed by atoms with Gasteiger partial charge in [-0.15, -0.1) is 12.3 Å². The summed E-state index contributed by atoms with van der Waals surface area (Å²) in [7, 11) is 0. The molecule has 1 fully saturated rings. The Bertz CT molecular complexity index is 286. The molecule has 0 spiro atoms. The fraction of sp³-hybridized carbons (Fsp3) is 0.769. The Labute approximate surface area is 103 Å². The summed E-state index contributed by atoms with van der Waals surface area (Å²) in [5, 5.41) is 6.27. The first-order valence-electron chi connectivity index (χ1n) is 6.27. The molecule has 1 saturated heterocycles. The first-order valence-corrected chi connectivity index (χ1v) is 6.27. The molecule has 1 heterocycles. The maximum Gasteiger partial charge on any atom is 0.227 e. The van der Waals surface area contributed by atoms with Gasteiger partial charge < -0.3 is 15.4 Å². The van der Waals surface area contributed by atoms with Gasteiger partial charge >= 0.3 is 0 Å². The summed E-state index contributed by atoms with van der Waals surface area (Å²) in [5.74, 6) is 2.55. The summed E-state index contributed by atoms with van der Waals surface area (Å²) in [6, 6.07) is 0.207. The fourth-order valence-electron chi connectivity index (χ4n) is 2.02. The highest BCUT2D eigenvalue weighted by molar-refractivity contribution is 5.80. The second-order valence-electron chi connectivity index (χ2n) is 4.33. The van der Waals surface area contributed by atoms with Crippen LogP contribution in [0.4, 0.5) is 0 Å². The SMILES string of the molecule is C#CCC(CC)NC(=O)C1COCC1NCC. The lowest BCUT2D eigenvalue weighted by Crippen LogP contribution is -2.46. The fourth-order valence-corrected chi connectivity index (χ4v) is 2.02. The van der Waals surface area contributed by atoms with Gasteiger partial charge in [0.05, 0.1) is 19.1 Å². The molecule has 1 amide bonds. The number of carbonyl (C=O) groups excluding carboxylic acids is 1. The quantitative estimate of drug-likeness (QED) is 0.664.